The minimum Gasteiger partial charge on any atom is -0.508 e. The number of amides is 1. The fourth-order valence-electron chi connectivity index (χ4n) is 6.10. The molecule has 2 aromatic carbocycles. The number of hydrogen-bond donors (Lipinski definition) is 2. The monoisotopic (exact) mass is 486 g/mol. The average molecular weight is 487 g/mol. The molecule has 3 atom stereocenters. The van der Waals surface area contributed by atoms with E-state index in [1.807, 2.05) is 18.2 Å². The third-order valence-electron chi connectivity index (χ3n) is 7.96. The molecule has 0 spiro atoms. The summed E-state index contributed by atoms with van der Waals surface area (Å²) in [7, 11) is 0. The van der Waals surface area contributed by atoms with Crippen molar-refractivity contribution >= 4 is 29.1 Å². The number of halogens is 2. The van der Waals surface area contributed by atoms with Gasteiger partial charge in [-0.2, -0.15) is 0 Å². The van der Waals surface area contributed by atoms with E-state index in [4.69, 9.17) is 23.2 Å². The molecule has 3 aliphatic rings. The van der Waals surface area contributed by atoms with Crippen LogP contribution in [0.4, 0.5) is 0 Å². The summed E-state index contributed by atoms with van der Waals surface area (Å²) in [5.41, 5.74) is 2.09. The predicted molar refractivity (Wildman–Crippen MR) is 133 cm³/mol. The molecule has 0 unspecified atom stereocenters. The Labute approximate surface area is 206 Å². The molecule has 1 aliphatic heterocycles. The summed E-state index contributed by atoms with van der Waals surface area (Å²) in [6, 6.07) is 13.3. The van der Waals surface area contributed by atoms with Crippen LogP contribution >= 0.6 is 23.2 Å². The maximum absolute atomic E-state index is 12.9. The summed E-state index contributed by atoms with van der Waals surface area (Å²) in [5.74, 6) is 1.80. The van der Waals surface area contributed by atoms with Crippen LogP contribution < -0.4 is 5.32 Å². The molecule has 176 valence electrons. The van der Waals surface area contributed by atoms with Gasteiger partial charge in [-0.3, -0.25) is 4.79 Å². The van der Waals surface area contributed by atoms with Gasteiger partial charge >= 0.3 is 0 Å². The van der Waals surface area contributed by atoms with E-state index in [9.17, 15) is 9.90 Å². The predicted octanol–water partition coefficient (Wildman–Crippen LogP) is 5.58. The lowest BCUT2D eigenvalue weighted by Crippen LogP contribution is -2.56. The molecule has 4 nitrogen and oxygen atoms in total. The highest BCUT2D eigenvalue weighted by Gasteiger charge is 2.48. The number of likely N-dealkylation sites (tertiary alicyclic amines) is 1. The summed E-state index contributed by atoms with van der Waals surface area (Å²) in [5, 5.41) is 14.5. The number of nitrogens with zero attached hydrogens (tertiary/aromatic N) is 1. The highest BCUT2D eigenvalue weighted by atomic mass is 35.5. The molecule has 0 bridgehead atoms. The SMILES string of the molecule is O=C(Cc1ccc(Cl)c(Cl)c1)N[C@@H]1CC[C@H]2CN(CC3CC3)CC[C@]2(c2cccc(O)c2)C1. The smallest absolute Gasteiger partial charge is 0.224 e. The van der Waals surface area contributed by atoms with Gasteiger partial charge in [0.05, 0.1) is 16.5 Å². The molecule has 3 fully saturated rings. The summed E-state index contributed by atoms with van der Waals surface area (Å²) in [6.45, 7) is 3.44. The number of fused-ring (bicyclic) bond motifs is 1. The zero-order valence-corrected chi connectivity index (χ0v) is 20.4. The summed E-state index contributed by atoms with van der Waals surface area (Å²) >= 11 is 12.1. The van der Waals surface area contributed by atoms with Crippen molar-refractivity contribution in [2.24, 2.45) is 11.8 Å². The molecule has 2 saturated carbocycles. The van der Waals surface area contributed by atoms with Gasteiger partial charge in [0.15, 0.2) is 0 Å². The number of carbonyl (C=O) groups is 1. The lowest BCUT2D eigenvalue weighted by atomic mass is 9.58. The number of hydrogen-bond acceptors (Lipinski definition) is 3. The zero-order chi connectivity index (χ0) is 23.0. The van der Waals surface area contributed by atoms with Crippen molar-refractivity contribution < 1.29 is 9.90 Å². The van der Waals surface area contributed by atoms with Gasteiger partial charge in [-0.25, -0.2) is 0 Å². The van der Waals surface area contributed by atoms with Crippen LogP contribution in [0.3, 0.4) is 0 Å². The second-order valence-electron chi connectivity index (χ2n) is 10.3. The van der Waals surface area contributed by atoms with Gasteiger partial charge in [-0.15, -0.1) is 0 Å². The number of piperidine rings is 1. The lowest BCUT2D eigenvalue weighted by molar-refractivity contribution is -0.121. The Bertz CT molecular complexity index is 1020. The van der Waals surface area contributed by atoms with Crippen LogP contribution in [-0.2, 0) is 16.6 Å². The first-order chi connectivity index (χ1) is 15.9. The van der Waals surface area contributed by atoms with Crippen LogP contribution in [0, 0.1) is 11.8 Å². The van der Waals surface area contributed by atoms with E-state index in [0.717, 1.165) is 50.3 Å². The van der Waals surface area contributed by atoms with Crippen LogP contribution in [0.5, 0.6) is 5.75 Å². The van der Waals surface area contributed by atoms with E-state index in [2.05, 4.69) is 16.3 Å². The quantitative estimate of drug-likeness (QED) is 0.560. The number of phenolic OH excluding ortho intramolecular Hbond substituents is 1. The number of carbonyl (C=O) groups excluding carboxylic acids is 1. The molecular formula is C27H32Cl2N2O2. The zero-order valence-electron chi connectivity index (χ0n) is 18.9. The van der Waals surface area contributed by atoms with Crippen molar-refractivity contribution in [3.05, 3.63) is 63.6 Å². The van der Waals surface area contributed by atoms with E-state index in [-0.39, 0.29) is 17.4 Å². The van der Waals surface area contributed by atoms with Crippen LogP contribution in [0.1, 0.15) is 49.7 Å². The molecule has 2 N–H and O–H groups in total. The Morgan fingerprint density at radius 2 is 1.94 bits per heavy atom. The fraction of sp³-hybridized carbons (Fsp3) is 0.519. The van der Waals surface area contributed by atoms with Gasteiger partial charge in [0.2, 0.25) is 5.91 Å². The van der Waals surface area contributed by atoms with Crippen LogP contribution in [0.15, 0.2) is 42.5 Å². The standard InChI is InChI=1S/C27H32Cl2N2O2/c28-24-9-6-19(12-25(24)29)13-26(33)30-22-8-7-21-17-31(16-18-4-5-18)11-10-27(21,15-22)20-2-1-3-23(32)14-20/h1-3,6,9,12,14,18,21-22,32H,4-5,7-8,10-11,13,15-17H2,(H,30,33)/t21-,22+,27+/m0/s1. The summed E-state index contributed by atoms with van der Waals surface area (Å²) in [6.07, 6.45) is 7.14. The highest BCUT2D eigenvalue weighted by molar-refractivity contribution is 6.42. The first-order valence-corrected chi connectivity index (χ1v) is 12.9. The molecular weight excluding hydrogens is 455 g/mol. The van der Waals surface area contributed by atoms with Crippen molar-refractivity contribution in [2.75, 3.05) is 19.6 Å². The normalized spacial score (nSPS) is 27.7. The molecule has 0 aromatic heterocycles. The van der Waals surface area contributed by atoms with Gasteiger partial charge in [0.1, 0.15) is 5.75 Å². The topological polar surface area (TPSA) is 52.6 Å². The van der Waals surface area contributed by atoms with E-state index < -0.39 is 0 Å². The molecule has 2 aromatic rings. The van der Waals surface area contributed by atoms with Crippen LogP contribution in [0.2, 0.25) is 10.0 Å². The largest absolute Gasteiger partial charge is 0.508 e. The Balaban J connectivity index is 1.31. The van der Waals surface area contributed by atoms with Crippen molar-refractivity contribution in [1.82, 2.24) is 10.2 Å². The van der Waals surface area contributed by atoms with Crippen LogP contribution in [0.25, 0.3) is 0 Å². The van der Waals surface area contributed by atoms with Crippen molar-refractivity contribution in [1.29, 1.82) is 0 Å². The minimum atomic E-state index is -0.00142. The van der Waals surface area contributed by atoms with Crippen LogP contribution in [-0.4, -0.2) is 41.6 Å². The van der Waals surface area contributed by atoms with E-state index in [1.54, 1.807) is 18.2 Å². The number of aromatic hydroxyl groups is 1. The third kappa shape index (κ3) is 5.18. The number of nitrogens with one attached hydrogen (secondary N) is 1. The van der Waals surface area contributed by atoms with Gasteiger partial charge < -0.3 is 15.3 Å². The Hall–Kier alpha value is -1.75. The number of rotatable bonds is 6. The van der Waals surface area contributed by atoms with Gasteiger partial charge in [-0.1, -0.05) is 41.4 Å². The fourth-order valence-corrected chi connectivity index (χ4v) is 6.42. The summed E-state index contributed by atoms with van der Waals surface area (Å²) in [4.78, 5) is 15.5. The van der Waals surface area contributed by atoms with Gasteiger partial charge in [-0.05, 0) is 92.3 Å². The first kappa shape index (κ1) is 23.0. The third-order valence-corrected chi connectivity index (χ3v) is 8.70. The Morgan fingerprint density at radius 3 is 2.70 bits per heavy atom. The molecule has 1 heterocycles. The van der Waals surface area contributed by atoms with Crippen molar-refractivity contribution in [3.63, 3.8) is 0 Å². The molecule has 1 amide bonds. The molecule has 6 heteroatoms. The molecule has 2 aliphatic carbocycles. The molecule has 33 heavy (non-hydrogen) atoms. The molecule has 0 radical (unpaired) electrons. The van der Waals surface area contributed by atoms with Gasteiger partial charge in [0.25, 0.3) is 0 Å². The molecule has 5 rings (SSSR count). The maximum Gasteiger partial charge on any atom is 0.224 e. The lowest BCUT2D eigenvalue weighted by Gasteiger charge is -2.53. The number of benzene rings is 2. The Morgan fingerprint density at radius 1 is 1.09 bits per heavy atom. The second-order valence-corrected chi connectivity index (χ2v) is 11.1. The maximum atomic E-state index is 12.9. The highest BCUT2D eigenvalue weighted by Crippen LogP contribution is 2.50. The molecule has 1 saturated heterocycles. The van der Waals surface area contributed by atoms with Gasteiger partial charge in [0, 0.05) is 24.5 Å². The minimum absolute atomic E-state index is 0.00142. The summed E-state index contributed by atoms with van der Waals surface area (Å²) < 4.78 is 0. The van der Waals surface area contributed by atoms with E-state index >= 15 is 0 Å². The van der Waals surface area contributed by atoms with Crippen molar-refractivity contribution in [2.45, 2.75) is 56.4 Å². The van der Waals surface area contributed by atoms with E-state index in [0.29, 0.717) is 28.1 Å². The second kappa shape index (κ2) is 9.48. The van der Waals surface area contributed by atoms with E-state index in [1.165, 1.54) is 24.9 Å². The Kier molecular flexibility index (Phi) is 6.61. The average Bonchev–Trinajstić information content (AvgIpc) is 3.60. The number of phenols is 1. The first-order valence-electron chi connectivity index (χ1n) is 12.2. The van der Waals surface area contributed by atoms with Crippen molar-refractivity contribution in [3.8, 4) is 5.75 Å².